The van der Waals surface area contributed by atoms with Crippen molar-refractivity contribution in [2.24, 2.45) is 17.2 Å². The number of rotatable bonds is 15. The largest absolute Gasteiger partial charge is 0.480 e. The monoisotopic (exact) mass is 464 g/mol. The van der Waals surface area contributed by atoms with Gasteiger partial charge in [0, 0.05) is 5.75 Å². The molecule has 0 saturated carbocycles. The number of primary amides is 1. The molecule has 0 spiro atoms. The molecule has 5 atom stereocenters. The van der Waals surface area contributed by atoms with Gasteiger partial charge in [-0.25, -0.2) is 4.79 Å². The Labute approximate surface area is 185 Å². The van der Waals surface area contributed by atoms with Crippen LogP contribution in [0.25, 0.3) is 0 Å². The van der Waals surface area contributed by atoms with Gasteiger partial charge in [0.05, 0.1) is 18.6 Å². The number of thiol groups is 1. The first-order valence-corrected chi connectivity index (χ1v) is 10.2. The zero-order valence-corrected chi connectivity index (χ0v) is 18.1. The lowest BCUT2D eigenvalue weighted by Gasteiger charge is -2.24. The molecule has 0 fully saturated rings. The number of carboxylic acid groups (broad SMARTS) is 1. The Balaban J connectivity index is 5.17. The summed E-state index contributed by atoms with van der Waals surface area (Å²) in [6.07, 6.45) is -0.395. The number of carboxylic acids is 1. The maximum Gasteiger partial charge on any atom is 0.328 e. The second kappa shape index (κ2) is 14.6. The Hall–Kier alpha value is -2.42. The molecule has 178 valence electrons. The lowest BCUT2D eigenvalue weighted by molar-refractivity contribution is -0.145. The van der Waals surface area contributed by atoms with Crippen molar-refractivity contribution in [3.63, 3.8) is 0 Å². The van der Waals surface area contributed by atoms with Crippen LogP contribution in [0.2, 0.25) is 0 Å². The normalized spacial score (nSPS) is 15.6. The Kier molecular flexibility index (Phi) is 13.4. The number of amides is 4. The highest BCUT2D eigenvalue weighted by atomic mass is 32.1. The number of hydrogen-bond acceptors (Lipinski definition) is 9. The first-order chi connectivity index (χ1) is 14.4. The fourth-order valence-corrected chi connectivity index (χ4v) is 2.69. The lowest BCUT2D eigenvalue weighted by atomic mass is 10.1. The van der Waals surface area contributed by atoms with Crippen molar-refractivity contribution in [3.05, 3.63) is 0 Å². The average Bonchev–Trinajstić information content (AvgIpc) is 2.68. The van der Waals surface area contributed by atoms with E-state index < -0.39 is 66.3 Å². The van der Waals surface area contributed by atoms with E-state index in [1.54, 1.807) is 0 Å². The number of aliphatic hydroxyl groups is 1. The molecule has 0 aliphatic carbocycles. The van der Waals surface area contributed by atoms with E-state index in [-0.39, 0.29) is 5.75 Å². The van der Waals surface area contributed by atoms with Crippen molar-refractivity contribution in [1.82, 2.24) is 16.0 Å². The minimum atomic E-state index is -1.61. The van der Waals surface area contributed by atoms with E-state index >= 15 is 0 Å². The maximum atomic E-state index is 12.6. The van der Waals surface area contributed by atoms with E-state index in [1.165, 1.54) is 6.92 Å². The molecule has 14 heteroatoms. The van der Waals surface area contributed by atoms with Crippen LogP contribution in [0.3, 0.4) is 0 Å². The van der Waals surface area contributed by atoms with Crippen molar-refractivity contribution in [2.75, 3.05) is 12.3 Å². The van der Waals surface area contributed by atoms with Gasteiger partial charge in [-0.05, 0) is 26.3 Å². The van der Waals surface area contributed by atoms with Crippen LogP contribution in [-0.4, -0.2) is 82.4 Å². The molecule has 0 heterocycles. The van der Waals surface area contributed by atoms with Gasteiger partial charge in [0.2, 0.25) is 23.6 Å². The molecule has 0 radical (unpaired) electrons. The van der Waals surface area contributed by atoms with Gasteiger partial charge in [-0.2, -0.15) is 12.6 Å². The number of aliphatic hydroxyl groups excluding tert-OH is 1. The van der Waals surface area contributed by atoms with Crippen LogP contribution >= 0.6 is 12.6 Å². The van der Waals surface area contributed by atoms with Crippen molar-refractivity contribution >= 4 is 42.2 Å². The molecule has 0 aromatic heterocycles. The highest BCUT2D eigenvalue weighted by Crippen LogP contribution is 2.02. The molecule has 0 saturated heterocycles. The Morgan fingerprint density at radius 2 is 1.52 bits per heavy atom. The molecule has 0 aliphatic heterocycles. The summed E-state index contributed by atoms with van der Waals surface area (Å²) in [7, 11) is 0. The number of hydrogen-bond donors (Lipinski definition) is 9. The van der Waals surface area contributed by atoms with Gasteiger partial charge >= 0.3 is 5.97 Å². The van der Waals surface area contributed by atoms with Crippen LogP contribution in [-0.2, 0) is 24.0 Å². The average molecular weight is 465 g/mol. The molecular weight excluding hydrogens is 432 g/mol. The van der Waals surface area contributed by atoms with E-state index in [2.05, 4.69) is 28.6 Å². The van der Waals surface area contributed by atoms with Gasteiger partial charge in [0.15, 0.2) is 6.04 Å². The standard InChI is InChI=1S/C17H32N6O7S/c1-8(24)13(17(29)30)23-16(28)11(7-31)22-15(27)10(6-12(20)25)21-14(26)9(19)4-2-3-5-18/h8-11,13,24,31H,2-7,18-19H2,1H3,(H2,20,25)(H,21,26)(H,22,27)(H,23,28)(H,29,30). The van der Waals surface area contributed by atoms with Gasteiger partial charge in [-0.15, -0.1) is 0 Å². The van der Waals surface area contributed by atoms with Crippen molar-refractivity contribution < 1.29 is 34.2 Å². The summed E-state index contributed by atoms with van der Waals surface area (Å²) in [6, 6.07) is -5.28. The number of nitrogens with one attached hydrogen (secondary N) is 3. The third-order valence-electron chi connectivity index (χ3n) is 4.21. The van der Waals surface area contributed by atoms with Crippen LogP contribution in [0.1, 0.15) is 32.6 Å². The Morgan fingerprint density at radius 1 is 0.968 bits per heavy atom. The van der Waals surface area contributed by atoms with Crippen LogP contribution in [0.5, 0.6) is 0 Å². The molecule has 0 aromatic rings. The van der Waals surface area contributed by atoms with E-state index in [4.69, 9.17) is 22.3 Å². The first-order valence-electron chi connectivity index (χ1n) is 9.61. The van der Waals surface area contributed by atoms with Crippen LogP contribution < -0.4 is 33.2 Å². The van der Waals surface area contributed by atoms with Gasteiger partial charge in [0.25, 0.3) is 0 Å². The number of aliphatic carboxylic acids is 1. The number of carbonyl (C=O) groups excluding carboxylic acids is 4. The summed E-state index contributed by atoms with van der Waals surface area (Å²) in [5.74, 6) is -5.14. The van der Waals surface area contributed by atoms with Gasteiger partial charge in [-0.1, -0.05) is 6.42 Å². The van der Waals surface area contributed by atoms with E-state index in [0.29, 0.717) is 25.8 Å². The minimum absolute atomic E-state index is 0.237. The molecule has 13 nitrogen and oxygen atoms in total. The van der Waals surface area contributed by atoms with E-state index in [9.17, 15) is 29.1 Å². The summed E-state index contributed by atoms with van der Waals surface area (Å²) in [4.78, 5) is 59.5. The quantitative estimate of drug-likeness (QED) is 0.0850. The maximum absolute atomic E-state index is 12.6. The summed E-state index contributed by atoms with van der Waals surface area (Å²) in [5.41, 5.74) is 16.3. The SMILES string of the molecule is CC(O)C(NC(=O)C(CS)NC(=O)C(CC(N)=O)NC(=O)C(N)CCCCN)C(=O)O. The molecule has 0 aromatic carbocycles. The van der Waals surface area contributed by atoms with Crippen molar-refractivity contribution in [3.8, 4) is 0 Å². The van der Waals surface area contributed by atoms with E-state index in [1.807, 2.05) is 0 Å². The Morgan fingerprint density at radius 3 is 1.97 bits per heavy atom. The van der Waals surface area contributed by atoms with Crippen molar-refractivity contribution in [2.45, 2.75) is 62.9 Å². The third kappa shape index (κ3) is 11.0. The molecule has 11 N–H and O–H groups in total. The molecule has 31 heavy (non-hydrogen) atoms. The third-order valence-corrected chi connectivity index (χ3v) is 4.57. The predicted molar refractivity (Wildman–Crippen MR) is 114 cm³/mol. The molecule has 5 unspecified atom stereocenters. The molecule has 0 rings (SSSR count). The Bertz CT molecular complexity index is 648. The van der Waals surface area contributed by atoms with Gasteiger partial charge < -0.3 is 43.4 Å². The number of carbonyl (C=O) groups is 5. The summed E-state index contributed by atoms with van der Waals surface area (Å²) in [5, 5.41) is 25.2. The lowest BCUT2D eigenvalue weighted by Crippen LogP contribution is -2.59. The van der Waals surface area contributed by atoms with Crippen LogP contribution in [0.15, 0.2) is 0 Å². The number of unbranched alkanes of at least 4 members (excludes halogenated alkanes) is 1. The number of nitrogens with two attached hydrogens (primary N) is 3. The molecular formula is C17H32N6O7S. The highest BCUT2D eigenvalue weighted by Gasteiger charge is 2.31. The second-order valence-corrected chi connectivity index (χ2v) is 7.30. The molecule has 0 bridgehead atoms. The fraction of sp³-hybridized carbons (Fsp3) is 0.706. The zero-order valence-electron chi connectivity index (χ0n) is 17.2. The van der Waals surface area contributed by atoms with Crippen molar-refractivity contribution in [1.29, 1.82) is 0 Å². The fourth-order valence-electron chi connectivity index (χ4n) is 2.44. The van der Waals surface area contributed by atoms with Gasteiger partial charge in [-0.3, -0.25) is 19.2 Å². The zero-order chi connectivity index (χ0) is 24.1. The first kappa shape index (κ1) is 28.6. The summed E-state index contributed by atoms with van der Waals surface area (Å²) in [6.45, 7) is 1.61. The second-order valence-electron chi connectivity index (χ2n) is 6.93. The predicted octanol–water partition coefficient (Wildman–Crippen LogP) is -3.83. The summed E-state index contributed by atoms with van der Waals surface area (Å²) < 4.78 is 0. The van der Waals surface area contributed by atoms with Crippen LogP contribution in [0.4, 0.5) is 0 Å². The highest BCUT2D eigenvalue weighted by molar-refractivity contribution is 7.80. The smallest absolute Gasteiger partial charge is 0.328 e. The topological polar surface area (TPSA) is 240 Å². The molecule has 4 amide bonds. The minimum Gasteiger partial charge on any atom is -0.480 e. The summed E-state index contributed by atoms with van der Waals surface area (Å²) >= 11 is 3.95. The van der Waals surface area contributed by atoms with Crippen LogP contribution in [0, 0.1) is 0 Å². The van der Waals surface area contributed by atoms with Gasteiger partial charge in [0.1, 0.15) is 12.1 Å². The van der Waals surface area contributed by atoms with E-state index in [0.717, 1.165) is 0 Å². The molecule has 0 aliphatic rings.